The minimum atomic E-state index is -1.18. The molecule has 0 saturated heterocycles. The van der Waals surface area contributed by atoms with Gasteiger partial charge in [0.1, 0.15) is 5.82 Å². The predicted molar refractivity (Wildman–Crippen MR) is 78.8 cm³/mol. The SMILES string of the molecule is CN(C(=O)NC(C)(C)C(C)(C)C(=O)O)c1ccccc1F. The van der Waals surface area contributed by atoms with Crippen LogP contribution in [0.15, 0.2) is 24.3 Å². The number of hydrogen-bond donors (Lipinski definition) is 2. The average molecular weight is 296 g/mol. The molecule has 6 heteroatoms. The second-order valence-corrected chi connectivity index (χ2v) is 6.00. The molecule has 0 spiro atoms. The predicted octanol–water partition coefficient (Wildman–Crippen LogP) is 2.86. The van der Waals surface area contributed by atoms with Crippen LogP contribution in [0.1, 0.15) is 27.7 Å². The number of hydrogen-bond acceptors (Lipinski definition) is 2. The number of amides is 2. The Kier molecular flexibility index (Phi) is 4.61. The van der Waals surface area contributed by atoms with Crippen molar-refractivity contribution < 1.29 is 19.1 Å². The number of nitrogens with zero attached hydrogens (tertiary/aromatic N) is 1. The summed E-state index contributed by atoms with van der Waals surface area (Å²) in [6.07, 6.45) is 0. The zero-order valence-corrected chi connectivity index (χ0v) is 12.9. The van der Waals surface area contributed by atoms with Gasteiger partial charge in [-0.3, -0.25) is 9.69 Å². The molecular formula is C15H21FN2O3. The summed E-state index contributed by atoms with van der Waals surface area (Å²) in [5.41, 5.74) is -2.08. The first-order valence-corrected chi connectivity index (χ1v) is 6.54. The fraction of sp³-hybridized carbons (Fsp3) is 0.467. The number of aliphatic carboxylic acids is 1. The van der Waals surface area contributed by atoms with E-state index in [0.29, 0.717) is 0 Å². The van der Waals surface area contributed by atoms with Crippen LogP contribution in [-0.2, 0) is 4.79 Å². The molecule has 0 fully saturated rings. The Balaban J connectivity index is 2.96. The third-order valence-corrected chi connectivity index (χ3v) is 4.04. The summed E-state index contributed by atoms with van der Waals surface area (Å²) < 4.78 is 13.7. The summed E-state index contributed by atoms with van der Waals surface area (Å²) in [6.45, 7) is 6.29. The van der Waals surface area contributed by atoms with E-state index in [1.54, 1.807) is 19.9 Å². The Morgan fingerprint density at radius 1 is 1.19 bits per heavy atom. The molecule has 2 amide bonds. The van der Waals surface area contributed by atoms with Gasteiger partial charge in [0, 0.05) is 7.05 Å². The van der Waals surface area contributed by atoms with Crippen molar-refractivity contribution in [2.75, 3.05) is 11.9 Å². The number of carboxylic acid groups (broad SMARTS) is 1. The van der Waals surface area contributed by atoms with Crippen LogP contribution in [-0.4, -0.2) is 29.7 Å². The van der Waals surface area contributed by atoms with Gasteiger partial charge in [-0.2, -0.15) is 0 Å². The number of carboxylic acids is 1. The number of urea groups is 1. The topological polar surface area (TPSA) is 69.6 Å². The van der Waals surface area contributed by atoms with E-state index < -0.39 is 28.8 Å². The van der Waals surface area contributed by atoms with Crippen LogP contribution in [0.2, 0.25) is 0 Å². The molecule has 0 saturated carbocycles. The highest BCUT2D eigenvalue weighted by Crippen LogP contribution is 2.31. The van der Waals surface area contributed by atoms with Gasteiger partial charge in [-0.25, -0.2) is 9.18 Å². The van der Waals surface area contributed by atoms with E-state index in [4.69, 9.17) is 0 Å². The highest BCUT2D eigenvalue weighted by molar-refractivity contribution is 5.92. The van der Waals surface area contributed by atoms with Gasteiger partial charge in [0.25, 0.3) is 0 Å². The Hall–Kier alpha value is -2.11. The number of nitrogens with one attached hydrogen (secondary N) is 1. The third-order valence-electron chi connectivity index (χ3n) is 4.04. The van der Waals surface area contributed by atoms with Gasteiger partial charge in [-0.1, -0.05) is 12.1 Å². The van der Waals surface area contributed by atoms with Crippen molar-refractivity contribution in [1.29, 1.82) is 0 Å². The summed E-state index contributed by atoms with van der Waals surface area (Å²) in [4.78, 5) is 24.7. The van der Waals surface area contributed by atoms with Crippen LogP contribution < -0.4 is 10.2 Å². The quantitative estimate of drug-likeness (QED) is 0.897. The first-order chi connectivity index (χ1) is 9.50. The van der Waals surface area contributed by atoms with Crippen molar-refractivity contribution in [1.82, 2.24) is 5.32 Å². The summed E-state index contributed by atoms with van der Waals surface area (Å²) >= 11 is 0. The lowest BCUT2D eigenvalue weighted by atomic mass is 9.74. The molecule has 21 heavy (non-hydrogen) atoms. The van der Waals surface area contributed by atoms with Crippen LogP contribution >= 0.6 is 0 Å². The van der Waals surface area contributed by atoms with Gasteiger partial charge in [0.15, 0.2) is 0 Å². The summed E-state index contributed by atoms with van der Waals surface area (Å²) in [5, 5.41) is 11.9. The molecule has 116 valence electrons. The van der Waals surface area contributed by atoms with Crippen molar-refractivity contribution in [3.05, 3.63) is 30.1 Å². The van der Waals surface area contributed by atoms with E-state index in [-0.39, 0.29) is 5.69 Å². The molecule has 2 N–H and O–H groups in total. The molecule has 0 radical (unpaired) electrons. The third kappa shape index (κ3) is 3.32. The number of carbonyl (C=O) groups is 2. The smallest absolute Gasteiger partial charge is 0.322 e. The number of para-hydroxylation sites is 1. The zero-order chi connectivity index (χ0) is 16.4. The molecule has 0 aliphatic carbocycles. The highest BCUT2D eigenvalue weighted by Gasteiger charge is 2.44. The molecule has 0 unspecified atom stereocenters. The van der Waals surface area contributed by atoms with Crippen LogP contribution in [0.5, 0.6) is 0 Å². The normalized spacial score (nSPS) is 11.9. The van der Waals surface area contributed by atoms with E-state index in [9.17, 15) is 19.1 Å². The van der Waals surface area contributed by atoms with Crippen molar-refractivity contribution in [2.45, 2.75) is 33.2 Å². The standard InChI is InChI=1S/C15H21FN2O3/c1-14(2,12(19)20)15(3,4)17-13(21)18(5)11-9-7-6-8-10(11)16/h6-9H,1-5H3,(H,17,21)(H,19,20). The Labute approximate surface area is 123 Å². The highest BCUT2D eigenvalue weighted by atomic mass is 19.1. The van der Waals surface area contributed by atoms with Gasteiger partial charge in [0.2, 0.25) is 0 Å². The number of benzene rings is 1. The number of anilines is 1. The first-order valence-electron chi connectivity index (χ1n) is 6.54. The molecule has 1 aromatic rings. The summed E-state index contributed by atoms with van der Waals surface area (Å²) in [5.74, 6) is -1.55. The van der Waals surface area contributed by atoms with E-state index in [0.717, 1.165) is 4.90 Å². The second kappa shape index (κ2) is 5.71. The molecule has 0 aliphatic heterocycles. The molecular weight excluding hydrogens is 275 g/mol. The monoisotopic (exact) mass is 296 g/mol. The maximum Gasteiger partial charge on any atom is 0.322 e. The van der Waals surface area contributed by atoms with Crippen molar-refractivity contribution in [3.63, 3.8) is 0 Å². The van der Waals surface area contributed by atoms with Gasteiger partial charge in [-0.05, 0) is 39.8 Å². The fourth-order valence-corrected chi connectivity index (χ4v) is 1.61. The van der Waals surface area contributed by atoms with Crippen LogP contribution in [0.4, 0.5) is 14.9 Å². The summed E-state index contributed by atoms with van der Waals surface area (Å²) in [7, 11) is 1.43. The second-order valence-electron chi connectivity index (χ2n) is 6.00. The molecule has 0 aliphatic rings. The van der Waals surface area contributed by atoms with E-state index in [2.05, 4.69) is 5.32 Å². The van der Waals surface area contributed by atoms with Crippen molar-refractivity contribution >= 4 is 17.7 Å². The number of halogens is 1. The molecule has 0 atom stereocenters. The number of rotatable bonds is 4. The molecule has 1 aromatic carbocycles. The molecule has 0 aromatic heterocycles. The maximum absolute atomic E-state index is 13.7. The molecule has 0 bridgehead atoms. The average Bonchev–Trinajstić information content (AvgIpc) is 2.37. The first kappa shape index (κ1) is 16.9. The van der Waals surface area contributed by atoms with Crippen molar-refractivity contribution in [2.24, 2.45) is 5.41 Å². The molecule has 1 rings (SSSR count). The van der Waals surface area contributed by atoms with Crippen LogP contribution in [0, 0.1) is 11.2 Å². The largest absolute Gasteiger partial charge is 0.481 e. The van der Waals surface area contributed by atoms with Gasteiger partial charge in [0.05, 0.1) is 16.6 Å². The maximum atomic E-state index is 13.7. The van der Waals surface area contributed by atoms with Crippen LogP contribution in [0.3, 0.4) is 0 Å². The fourth-order valence-electron chi connectivity index (χ4n) is 1.61. The summed E-state index contributed by atoms with van der Waals surface area (Å²) in [6, 6.07) is 5.31. The lowest BCUT2D eigenvalue weighted by molar-refractivity contribution is -0.150. The lowest BCUT2D eigenvalue weighted by Crippen LogP contribution is -2.59. The van der Waals surface area contributed by atoms with Gasteiger partial charge in [-0.15, -0.1) is 0 Å². The zero-order valence-electron chi connectivity index (χ0n) is 12.9. The Bertz CT molecular complexity index is 556. The molecule has 5 nitrogen and oxygen atoms in total. The Morgan fingerprint density at radius 3 is 2.19 bits per heavy atom. The lowest BCUT2D eigenvalue weighted by Gasteiger charge is -2.39. The Morgan fingerprint density at radius 2 is 1.71 bits per heavy atom. The van der Waals surface area contributed by atoms with Crippen LogP contribution in [0.25, 0.3) is 0 Å². The minimum absolute atomic E-state index is 0.124. The van der Waals surface area contributed by atoms with E-state index >= 15 is 0 Å². The van der Waals surface area contributed by atoms with Crippen molar-refractivity contribution in [3.8, 4) is 0 Å². The molecule has 0 heterocycles. The van der Waals surface area contributed by atoms with E-state index in [1.807, 2.05) is 0 Å². The van der Waals surface area contributed by atoms with Gasteiger partial charge >= 0.3 is 12.0 Å². The number of carbonyl (C=O) groups excluding carboxylic acids is 1. The van der Waals surface area contributed by atoms with Gasteiger partial charge < -0.3 is 10.4 Å². The minimum Gasteiger partial charge on any atom is -0.481 e. The van der Waals surface area contributed by atoms with E-state index in [1.165, 1.54) is 39.1 Å².